The molecule has 1 radical (unpaired) electrons. The first-order chi connectivity index (χ1) is 5.72. The first-order valence-corrected chi connectivity index (χ1v) is 3.56. The molecule has 0 amide bonds. The van der Waals surface area contributed by atoms with Crippen LogP contribution < -0.4 is 0 Å². The van der Waals surface area contributed by atoms with Crippen LogP contribution in [0.1, 0.15) is 5.56 Å². The van der Waals surface area contributed by atoms with Gasteiger partial charge in [0.1, 0.15) is 11.9 Å². The lowest BCUT2D eigenvalue weighted by Gasteiger charge is -2.01. The number of aliphatic hydroxyl groups is 1. The summed E-state index contributed by atoms with van der Waals surface area (Å²) in [5.41, 5.74) is 0.795. The molecule has 0 unspecified atom stereocenters. The van der Waals surface area contributed by atoms with E-state index in [1.54, 1.807) is 12.1 Å². The van der Waals surface area contributed by atoms with Crippen LogP contribution >= 0.6 is 0 Å². The second kappa shape index (κ2) is 3.88. The lowest BCUT2D eigenvalue weighted by molar-refractivity contribution is 0.235. The van der Waals surface area contributed by atoms with Crippen molar-refractivity contribution in [2.45, 2.75) is 12.5 Å². The third-order valence-corrected chi connectivity index (χ3v) is 1.50. The number of rotatable bonds is 3. The Hall–Kier alpha value is -1.35. The summed E-state index contributed by atoms with van der Waals surface area (Å²) in [6, 6.07) is 6.31. The molecule has 3 nitrogen and oxygen atoms in total. The Bertz CT molecular complexity index is 253. The smallest absolute Gasteiger partial charge is 0.229 e. The van der Waals surface area contributed by atoms with Crippen LogP contribution in [-0.4, -0.2) is 22.6 Å². The molecule has 63 valence electrons. The van der Waals surface area contributed by atoms with Gasteiger partial charge < -0.3 is 10.2 Å². The van der Waals surface area contributed by atoms with Crippen molar-refractivity contribution in [2.24, 2.45) is 0 Å². The topological polar surface area (TPSA) is 57.5 Å². The molecule has 0 aliphatic rings. The van der Waals surface area contributed by atoms with Crippen LogP contribution in [0.25, 0.3) is 0 Å². The zero-order valence-electron chi connectivity index (χ0n) is 6.40. The van der Waals surface area contributed by atoms with Gasteiger partial charge in [-0.05, 0) is 17.7 Å². The summed E-state index contributed by atoms with van der Waals surface area (Å²) in [7, 11) is 0. The minimum Gasteiger partial charge on any atom is -0.508 e. The van der Waals surface area contributed by atoms with Crippen LogP contribution in [0.5, 0.6) is 5.75 Å². The normalized spacial score (nSPS) is 12.4. The summed E-state index contributed by atoms with van der Waals surface area (Å²) in [6.45, 7) is 0. The van der Waals surface area contributed by atoms with Gasteiger partial charge in [0.25, 0.3) is 0 Å². The van der Waals surface area contributed by atoms with E-state index < -0.39 is 6.10 Å². The van der Waals surface area contributed by atoms with Gasteiger partial charge in [0.15, 0.2) is 0 Å². The van der Waals surface area contributed by atoms with Gasteiger partial charge in [-0.1, -0.05) is 12.1 Å². The van der Waals surface area contributed by atoms with Gasteiger partial charge in [-0.15, -0.1) is 0 Å². The fraction of sp³-hybridized carbons (Fsp3) is 0.222. The van der Waals surface area contributed by atoms with E-state index in [1.807, 2.05) is 0 Å². The van der Waals surface area contributed by atoms with Crippen LogP contribution in [0.2, 0.25) is 0 Å². The molecule has 12 heavy (non-hydrogen) atoms. The molecule has 0 aliphatic heterocycles. The predicted molar refractivity (Wildman–Crippen MR) is 43.5 cm³/mol. The number of phenols is 1. The second-order valence-corrected chi connectivity index (χ2v) is 2.50. The molecule has 0 heterocycles. The van der Waals surface area contributed by atoms with Crippen molar-refractivity contribution >= 4 is 6.29 Å². The van der Waals surface area contributed by atoms with Crippen molar-refractivity contribution in [3.05, 3.63) is 29.8 Å². The molecule has 1 rings (SSSR count). The molecule has 2 N–H and O–H groups in total. The molecule has 1 aromatic carbocycles. The fourth-order valence-electron chi connectivity index (χ4n) is 0.897. The van der Waals surface area contributed by atoms with Crippen LogP contribution in [0.3, 0.4) is 0 Å². The standard InChI is InChI=1S/C9H9O3/c10-6-9(12)5-7-1-3-8(11)4-2-7/h1-4,9,11-12H,5H2/t9-/m0/s1. The number of carbonyl (C=O) groups excluding carboxylic acids is 1. The van der Waals surface area contributed by atoms with Crippen molar-refractivity contribution in [3.8, 4) is 5.75 Å². The molecule has 0 fully saturated rings. The average Bonchev–Trinajstić information content (AvgIpc) is 2.09. The van der Waals surface area contributed by atoms with E-state index >= 15 is 0 Å². The van der Waals surface area contributed by atoms with Crippen LogP contribution in [0.15, 0.2) is 24.3 Å². The molecule has 0 bridgehead atoms. The first kappa shape index (κ1) is 8.74. The zero-order valence-corrected chi connectivity index (χ0v) is 6.40. The van der Waals surface area contributed by atoms with Gasteiger partial charge in [0.2, 0.25) is 6.29 Å². The lowest BCUT2D eigenvalue weighted by atomic mass is 10.1. The Morgan fingerprint density at radius 1 is 1.33 bits per heavy atom. The highest BCUT2D eigenvalue weighted by atomic mass is 16.3. The Morgan fingerprint density at radius 3 is 2.42 bits per heavy atom. The highest BCUT2D eigenvalue weighted by Crippen LogP contribution is 2.10. The van der Waals surface area contributed by atoms with Crippen LogP contribution in [0, 0.1) is 0 Å². The van der Waals surface area contributed by atoms with E-state index in [0.29, 0.717) is 0 Å². The molecule has 1 atom stereocenters. The largest absolute Gasteiger partial charge is 0.508 e. The maximum Gasteiger partial charge on any atom is 0.229 e. The Kier molecular flexibility index (Phi) is 2.82. The van der Waals surface area contributed by atoms with Crippen LogP contribution in [-0.2, 0) is 11.2 Å². The SMILES string of the molecule is O=[C][C@@H](O)Cc1ccc(O)cc1. The molecular formula is C9H9O3. The van der Waals surface area contributed by atoms with E-state index in [-0.39, 0.29) is 12.2 Å². The molecular weight excluding hydrogens is 156 g/mol. The van der Waals surface area contributed by atoms with Gasteiger partial charge >= 0.3 is 0 Å². The molecule has 3 heteroatoms. The quantitative estimate of drug-likeness (QED) is 0.681. The highest BCUT2D eigenvalue weighted by molar-refractivity contribution is 5.57. The van der Waals surface area contributed by atoms with E-state index in [9.17, 15) is 4.79 Å². The van der Waals surface area contributed by atoms with E-state index in [4.69, 9.17) is 10.2 Å². The van der Waals surface area contributed by atoms with E-state index in [0.717, 1.165) is 5.56 Å². The number of benzene rings is 1. The summed E-state index contributed by atoms with van der Waals surface area (Å²) in [6.07, 6.45) is 0.636. The Balaban J connectivity index is 2.64. The van der Waals surface area contributed by atoms with Crippen molar-refractivity contribution in [3.63, 3.8) is 0 Å². The van der Waals surface area contributed by atoms with E-state index in [1.165, 1.54) is 18.4 Å². The Labute approximate surface area is 70.3 Å². The monoisotopic (exact) mass is 165 g/mol. The molecule has 0 aromatic heterocycles. The van der Waals surface area contributed by atoms with Gasteiger partial charge in [0.05, 0.1) is 0 Å². The third-order valence-electron chi connectivity index (χ3n) is 1.50. The van der Waals surface area contributed by atoms with Gasteiger partial charge in [-0.2, -0.15) is 0 Å². The average molecular weight is 165 g/mol. The summed E-state index contributed by atoms with van der Waals surface area (Å²) in [5, 5.41) is 17.8. The molecule has 0 saturated heterocycles. The number of hydrogen-bond donors (Lipinski definition) is 2. The minimum atomic E-state index is -1.07. The summed E-state index contributed by atoms with van der Waals surface area (Å²) >= 11 is 0. The highest BCUT2D eigenvalue weighted by Gasteiger charge is 2.03. The zero-order chi connectivity index (χ0) is 8.97. The number of hydrogen-bond acceptors (Lipinski definition) is 3. The molecule has 0 saturated carbocycles. The van der Waals surface area contributed by atoms with Gasteiger partial charge in [-0.3, -0.25) is 4.79 Å². The van der Waals surface area contributed by atoms with Crippen LogP contribution in [0.4, 0.5) is 0 Å². The minimum absolute atomic E-state index is 0.170. The molecule has 0 spiro atoms. The van der Waals surface area contributed by atoms with Crippen molar-refractivity contribution < 1.29 is 15.0 Å². The third kappa shape index (κ3) is 2.36. The van der Waals surface area contributed by atoms with Crippen molar-refractivity contribution in [2.75, 3.05) is 0 Å². The van der Waals surface area contributed by atoms with Crippen molar-refractivity contribution in [1.29, 1.82) is 0 Å². The lowest BCUT2D eigenvalue weighted by Crippen LogP contribution is -2.10. The maximum absolute atomic E-state index is 9.95. The number of aliphatic hydroxyl groups excluding tert-OH is 1. The number of aromatic hydroxyl groups is 1. The maximum atomic E-state index is 9.95. The summed E-state index contributed by atoms with van der Waals surface area (Å²) in [5.74, 6) is 0.170. The summed E-state index contributed by atoms with van der Waals surface area (Å²) < 4.78 is 0. The Morgan fingerprint density at radius 2 is 1.92 bits per heavy atom. The van der Waals surface area contributed by atoms with Gasteiger partial charge in [-0.25, -0.2) is 0 Å². The van der Waals surface area contributed by atoms with Gasteiger partial charge in [0, 0.05) is 6.42 Å². The molecule has 1 aromatic rings. The first-order valence-electron chi connectivity index (χ1n) is 3.56. The summed E-state index contributed by atoms with van der Waals surface area (Å²) in [4.78, 5) is 9.95. The predicted octanol–water partition coefficient (Wildman–Crippen LogP) is 0.405. The van der Waals surface area contributed by atoms with Crippen molar-refractivity contribution in [1.82, 2.24) is 0 Å². The number of phenolic OH excluding ortho intramolecular Hbond substituents is 1. The van der Waals surface area contributed by atoms with E-state index in [2.05, 4.69) is 0 Å². The molecule has 0 aliphatic carbocycles. The second-order valence-electron chi connectivity index (χ2n) is 2.50. The fourth-order valence-corrected chi connectivity index (χ4v) is 0.897.